The molecule has 0 radical (unpaired) electrons. The molecule has 1 aromatic carbocycles. The van der Waals surface area contributed by atoms with Crippen LogP contribution in [-0.4, -0.2) is 65.1 Å². The van der Waals surface area contributed by atoms with E-state index in [1.54, 1.807) is 11.3 Å². The molecule has 0 spiro atoms. The van der Waals surface area contributed by atoms with Crippen LogP contribution in [0.3, 0.4) is 0 Å². The van der Waals surface area contributed by atoms with E-state index in [1.165, 1.54) is 0 Å². The lowest BCUT2D eigenvalue weighted by Gasteiger charge is -2.34. The summed E-state index contributed by atoms with van der Waals surface area (Å²) >= 11 is 1.62. The third-order valence-corrected chi connectivity index (χ3v) is 5.08. The second-order valence-corrected chi connectivity index (χ2v) is 6.59. The molecular weight excluding hydrogens is 310 g/mol. The maximum absolute atomic E-state index is 12.6. The quantitative estimate of drug-likeness (QED) is 0.929. The van der Waals surface area contributed by atoms with E-state index in [0.717, 1.165) is 34.9 Å². The monoisotopic (exact) mass is 331 g/mol. The van der Waals surface area contributed by atoms with E-state index in [-0.39, 0.29) is 12.5 Å². The summed E-state index contributed by atoms with van der Waals surface area (Å²) in [5.41, 5.74) is 2.79. The van der Waals surface area contributed by atoms with E-state index >= 15 is 0 Å². The molecule has 1 fully saturated rings. The Morgan fingerprint density at radius 3 is 2.48 bits per heavy atom. The van der Waals surface area contributed by atoms with Gasteiger partial charge in [0.25, 0.3) is 5.91 Å². The van der Waals surface area contributed by atoms with Crippen molar-refractivity contribution in [2.75, 3.05) is 39.3 Å². The maximum atomic E-state index is 12.6. The van der Waals surface area contributed by atoms with Gasteiger partial charge in [0.15, 0.2) is 0 Å². The Morgan fingerprint density at radius 1 is 1.22 bits per heavy atom. The Kier molecular flexibility index (Phi) is 5.05. The van der Waals surface area contributed by atoms with Crippen LogP contribution < -0.4 is 0 Å². The molecule has 1 aliphatic rings. The van der Waals surface area contributed by atoms with Gasteiger partial charge in [0.05, 0.1) is 6.61 Å². The first-order chi connectivity index (χ1) is 11.2. The predicted octanol–water partition coefficient (Wildman–Crippen LogP) is 1.87. The molecule has 122 valence electrons. The van der Waals surface area contributed by atoms with Crippen molar-refractivity contribution in [1.29, 1.82) is 0 Å². The summed E-state index contributed by atoms with van der Waals surface area (Å²) in [5.74, 6) is 0.0792. The molecule has 5 nitrogen and oxygen atoms in total. The van der Waals surface area contributed by atoms with Gasteiger partial charge in [-0.3, -0.25) is 9.69 Å². The number of hydrogen-bond donors (Lipinski definition) is 1. The number of aliphatic hydroxyl groups is 1. The Balaban J connectivity index is 1.64. The van der Waals surface area contributed by atoms with E-state index in [2.05, 4.69) is 9.88 Å². The van der Waals surface area contributed by atoms with Gasteiger partial charge in [0, 0.05) is 54.9 Å². The lowest BCUT2D eigenvalue weighted by atomic mass is 10.1. The highest BCUT2D eigenvalue weighted by Crippen LogP contribution is 2.24. The van der Waals surface area contributed by atoms with Crippen LogP contribution in [0.2, 0.25) is 0 Å². The van der Waals surface area contributed by atoms with Crippen LogP contribution in [0.5, 0.6) is 0 Å². The fourth-order valence-electron chi connectivity index (χ4n) is 2.74. The molecule has 0 aliphatic carbocycles. The van der Waals surface area contributed by atoms with Crippen molar-refractivity contribution >= 4 is 17.2 Å². The van der Waals surface area contributed by atoms with Crippen molar-refractivity contribution in [2.45, 2.75) is 6.92 Å². The number of piperazine rings is 1. The number of carbonyl (C=O) groups is 1. The van der Waals surface area contributed by atoms with E-state index < -0.39 is 0 Å². The number of rotatable bonds is 4. The smallest absolute Gasteiger partial charge is 0.253 e. The molecule has 1 aromatic heterocycles. The molecule has 6 heteroatoms. The minimum Gasteiger partial charge on any atom is -0.395 e. The van der Waals surface area contributed by atoms with Crippen LogP contribution in [0, 0.1) is 6.92 Å². The zero-order valence-electron chi connectivity index (χ0n) is 13.2. The van der Waals surface area contributed by atoms with Crippen molar-refractivity contribution in [3.05, 3.63) is 40.9 Å². The highest BCUT2D eigenvalue weighted by atomic mass is 32.1. The van der Waals surface area contributed by atoms with E-state index in [1.807, 2.05) is 41.5 Å². The highest BCUT2D eigenvalue weighted by Gasteiger charge is 2.21. The van der Waals surface area contributed by atoms with Crippen LogP contribution in [-0.2, 0) is 0 Å². The minimum absolute atomic E-state index is 0.0792. The van der Waals surface area contributed by atoms with Gasteiger partial charge in [0.1, 0.15) is 5.01 Å². The average Bonchev–Trinajstić information content (AvgIpc) is 3.02. The summed E-state index contributed by atoms with van der Waals surface area (Å²) in [4.78, 5) is 21.1. The Morgan fingerprint density at radius 2 is 1.91 bits per heavy atom. The van der Waals surface area contributed by atoms with E-state index in [4.69, 9.17) is 5.11 Å². The Bertz CT molecular complexity index is 661. The normalized spacial score (nSPS) is 15.8. The third-order valence-electron chi connectivity index (χ3n) is 4.07. The molecule has 23 heavy (non-hydrogen) atoms. The Hall–Kier alpha value is -1.76. The van der Waals surface area contributed by atoms with Crippen LogP contribution in [0.4, 0.5) is 0 Å². The summed E-state index contributed by atoms with van der Waals surface area (Å²) < 4.78 is 0. The topological polar surface area (TPSA) is 56.7 Å². The van der Waals surface area contributed by atoms with E-state index in [0.29, 0.717) is 19.6 Å². The Labute approximate surface area is 140 Å². The number of aromatic nitrogens is 1. The van der Waals surface area contributed by atoms with Crippen molar-refractivity contribution in [3.8, 4) is 10.6 Å². The van der Waals surface area contributed by atoms with Crippen molar-refractivity contribution in [1.82, 2.24) is 14.8 Å². The number of nitrogens with zero attached hydrogens (tertiary/aromatic N) is 3. The third kappa shape index (κ3) is 3.77. The number of thiazole rings is 1. The van der Waals surface area contributed by atoms with Crippen LogP contribution in [0.15, 0.2) is 29.6 Å². The molecule has 1 N–H and O–H groups in total. The lowest BCUT2D eigenvalue weighted by molar-refractivity contribution is 0.0615. The van der Waals surface area contributed by atoms with Gasteiger partial charge in [-0.25, -0.2) is 4.98 Å². The molecule has 1 aliphatic heterocycles. The van der Waals surface area contributed by atoms with Crippen LogP contribution >= 0.6 is 11.3 Å². The molecule has 1 saturated heterocycles. The van der Waals surface area contributed by atoms with Crippen LogP contribution in [0.25, 0.3) is 10.6 Å². The fraction of sp³-hybridized carbons (Fsp3) is 0.412. The molecule has 2 aromatic rings. The summed E-state index contributed by atoms with van der Waals surface area (Å²) in [7, 11) is 0. The first-order valence-electron chi connectivity index (χ1n) is 7.82. The largest absolute Gasteiger partial charge is 0.395 e. The maximum Gasteiger partial charge on any atom is 0.253 e. The van der Waals surface area contributed by atoms with Gasteiger partial charge >= 0.3 is 0 Å². The number of amides is 1. The number of aryl methyl sites for hydroxylation is 1. The molecule has 2 heterocycles. The molecule has 0 bridgehead atoms. The highest BCUT2D eigenvalue weighted by molar-refractivity contribution is 7.13. The zero-order chi connectivity index (χ0) is 16.2. The fourth-order valence-corrected chi connectivity index (χ4v) is 3.54. The molecule has 0 atom stereocenters. The second-order valence-electron chi connectivity index (χ2n) is 5.73. The molecule has 0 saturated carbocycles. The van der Waals surface area contributed by atoms with Crippen LogP contribution in [0.1, 0.15) is 16.1 Å². The van der Waals surface area contributed by atoms with Gasteiger partial charge in [-0.15, -0.1) is 11.3 Å². The number of benzene rings is 1. The summed E-state index contributed by atoms with van der Waals surface area (Å²) in [6, 6.07) is 7.70. The van der Waals surface area contributed by atoms with E-state index in [9.17, 15) is 4.79 Å². The lowest BCUT2D eigenvalue weighted by Crippen LogP contribution is -2.49. The minimum atomic E-state index is 0.0792. The first-order valence-corrected chi connectivity index (χ1v) is 8.70. The van der Waals surface area contributed by atoms with Crippen molar-refractivity contribution in [3.63, 3.8) is 0 Å². The van der Waals surface area contributed by atoms with Crippen molar-refractivity contribution in [2.24, 2.45) is 0 Å². The number of hydrogen-bond acceptors (Lipinski definition) is 5. The van der Waals surface area contributed by atoms with Gasteiger partial charge in [-0.05, 0) is 19.1 Å². The number of β-amino-alcohol motifs (C(OH)–C–C–N with tert-alkyl or cyclic N) is 1. The SMILES string of the molecule is Cc1csc(-c2ccc(C(=O)N3CCN(CCO)CC3)cc2)n1. The molecular formula is C17H21N3O2S. The standard InChI is InChI=1S/C17H21N3O2S/c1-13-12-23-16(18-13)14-2-4-15(5-3-14)17(22)20-8-6-19(7-9-20)10-11-21/h2-5,12,21H,6-11H2,1H3. The average molecular weight is 331 g/mol. The first kappa shape index (κ1) is 16.1. The molecule has 1 amide bonds. The number of carbonyl (C=O) groups excluding carboxylic acids is 1. The van der Waals surface area contributed by atoms with Gasteiger partial charge in [-0.1, -0.05) is 12.1 Å². The zero-order valence-corrected chi connectivity index (χ0v) is 14.1. The van der Waals surface area contributed by atoms with Gasteiger partial charge in [0.2, 0.25) is 0 Å². The molecule has 3 rings (SSSR count). The number of aliphatic hydroxyl groups excluding tert-OH is 1. The summed E-state index contributed by atoms with van der Waals surface area (Å²) in [6.07, 6.45) is 0. The second kappa shape index (κ2) is 7.21. The summed E-state index contributed by atoms with van der Waals surface area (Å²) in [6.45, 7) is 5.91. The predicted molar refractivity (Wildman–Crippen MR) is 91.7 cm³/mol. The van der Waals surface area contributed by atoms with Gasteiger partial charge in [-0.2, -0.15) is 0 Å². The summed E-state index contributed by atoms with van der Waals surface area (Å²) in [5, 5.41) is 12.0. The van der Waals surface area contributed by atoms with Crippen molar-refractivity contribution < 1.29 is 9.90 Å². The molecule has 0 unspecified atom stereocenters. The van der Waals surface area contributed by atoms with Gasteiger partial charge < -0.3 is 10.0 Å².